The standard InChI is InChI=1S/C16H19N3O2/c1-19(2)15(21)16(7-8-16)18-10-11-9-17-14(20)13-6-4-3-5-12(11)13/h3-6,9,18H,7-8,10H2,1-2H3,(H,17,20). The van der Waals surface area contributed by atoms with Crippen molar-refractivity contribution in [1.82, 2.24) is 15.2 Å². The molecule has 1 fully saturated rings. The summed E-state index contributed by atoms with van der Waals surface area (Å²) in [4.78, 5) is 28.4. The molecule has 1 heterocycles. The van der Waals surface area contributed by atoms with Gasteiger partial charge in [0.15, 0.2) is 0 Å². The van der Waals surface area contributed by atoms with Crippen LogP contribution < -0.4 is 10.9 Å². The first-order valence-electron chi connectivity index (χ1n) is 7.10. The molecule has 0 radical (unpaired) electrons. The van der Waals surface area contributed by atoms with Crippen molar-refractivity contribution in [2.24, 2.45) is 0 Å². The second-order valence-corrected chi connectivity index (χ2v) is 5.82. The molecular weight excluding hydrogens is 266 g/mol. The molecule has 21 heavy (non-hydrogen) atoms. The normalized spacial score (nSPS) is 15.9. The van der Waals surface area contributed by atoms with E-state index in [1.807, 2.05) is 24.3 Å². The zero-order valence-electron chi connectivity index (χ0n) is 12.3. The first kappa shape index (κ1) is 13.8. The number of benzene rings is 1. The highest BCUT2D eigenvalue weighted by atomic mass is 16.2. The van der Waals surface area contributed by atoms with Crippen LogP contribution in [0.3, 0.4) is 0 Å². The van der Waals surface area contributed by atoms with E-state index in [4.69, 9.17) is 0 Å². The van der Waals surface area contributed by atoms with Gasteiger partial charge in [0.2, 0.25) is 5.91 Å². The summed E-state index contributed by atoms with van der Waals surface area (Å²) in [5.74, 6) is 0.122. The number of rotatable bonds is 4. The topological polar surface area (TPSA) is 65.2 Å². The summed E-state index contributed by atoms with van der Waals surface area (Å²) >= 11 is 0. The van der Waals surface area contributed by atoms with Gasteiger partial charge >= 0.3 is 0 Å². The Kier molecular flexibility index (Phi) is 3.29. The van der Waals surface area contributed by atoms with Crippen LogP contribution in [-0.4, -0.2) is 35.4 Å². The number of carbonyl (C=O) groups excluding carboxylic acids is 1. The fraction of sp³-hybridized carbons (Fsp3) is 0.375. The molecule has 0 atom stereocenters. The molecule has 5 nitrogen and oxygen atoms in total. The monoisotopic (exact) mass is 285 g/mol. The van der Waals surface area contributed by atoms with Crippen molar-refractivity contribution >= 4 is 16.7 Å². The number of nitrogens with zero attached hydrogens (tertiary/aromatic N) is 1. The number of nitrogens with one attached hydrogen (secondary N) is 2. The molecule has 3 rings (SSSR count). The zero-order chi connectivity index (χ0) is 15.0. The molecule has 1 saturated carbocycles. The van der Waals surface area contributed by atoms with Crippen LogP contribution in [0, 0.1) is 0 Å². The Morgan fingerprint density at radius 1 is 1.29 bits per heavy atom. The maximum absolute atomic E-state index is 12.2. The summed E-state index contributed by atoms with van der Waals surface area (Å²) in [7, 11) is 3.55. The zero-order valence-corrected chi connectivity index (χ0v) is 12.3. The number of aromatic nitrogens is 1. The minimum Gasteiger partial charge on any atom is -0.347 e. The van der Waals surface area contributed by atoms with Crippen LogP contribution in [0.1, 0.15) is 18.4 Å². The molecule has 0 aliphatic heterocycles. The highest BCUT2D eigenvalue weighted by Gasteiger charge is 2.50. The van der Waals surface area contributed by atoms with E-state index < -0.39 is 5.54 Å². The Morgan fingerprint density at radius 2 is 1.95 bits per heavy atom. The van der Waals surface area contributed by atoms with E-state index in [2.05, 4.69) is 10.3 Å². The van der Waals surface area contributed by atoms with E-state index in [0.717, 1.165) is 23.8 Å². The van der Waals surface area contributed by atoms with Gasteiger partial charge in [0, 0.05) is 32.2 Å². The van der Waals surface area contributed by atoms with Crippen molar-refractivity contribution in [3.8, 4) is 0 Å². The molecular formula is C16H19N3O2. The van der Waals surface area contributed by atoms with E-state index in [0.29, 0.717) is 11.9 Å². The van der Waals surface area contributed by atoms with Crippen LogP contribution in [-0.2, 0) is 11.3 Å². The molecule has 1 aliphatic rings. The highest BCUT2D eigenvalue weighted by molar-refractivity contribution is 5.89. The molecule has 110 valence electrons. The SMILES string of the molecule is CN(C)C(=O)C1(NCc2c[nH]c(=O)c3ccccc23)CC1. The van der Waals surface area contributed by atoms with Gasteiger partial charge in [-0.15, -0.1) is 0 Å². The molecule has 0 spiro atoms. The molecule has 0 unspecified atom stereocenters. The van der Waals surface area contributed by atoms with Gasteiger partial charge in [0.25, 0.3) is 5.56 Å². The number of H-pyrrole nitrogens is 1. The number of hydrogen-bond donors (Lipinski definition) is 2. The molecule has 1 amide bonds. The lowest BCUT2D eigenvalue weighted by molar-refractivity contribution is -0.132. The van der Waals surface area contributed by atoms with Gasteiger partial charge in [-0.3, -0.25) is 14.9 Å². The van der Waals surface area contributed by atoms with Crippen molar-refractivity contribution in [2.75, 3.05) is 14.1 Å². The lowest BCUT2D eigenvalue weighted by Gasteiger charge is -2.21. The second kappa shape index (κ2) is 5.00. The number of hydrogen-bond acceptors (Lipinski definition) is 3. The molecule has 0 bridgehead atoms. The number of carbonyl (C=O) groups is 1. The van der Waals surface area contributed by atoms with Crippen molar-refractivity contribution in [1.29, 1.82) is 0 Å². The van der Waals surface area contributed by atoms with Crippen LogP contribution in [0.2, 0.25) is 0 Å². The average molecular weight is 285 g/mol. The van der Waals surface area contributed by atoms with E-state index in [1.54, 1.807) is 25.2 Å². The predicted octanol–water partition coefficient (Wildman–Crippen LogP) is 1.24. The minimum atomic E-state index is -0.416. The molecule has 5 heteroatoms. The molecule has 1 aliphatic carbocycles. The van der Waals surface area contributed by atoms with Gasteiger partial charge in [-0.1, -0.05) is 18.2 Å². The van der Waals surface area contributed by atoms with Gasteiger partial charge in [-0.05, 0) is 29.9 Å². The minimum absolute atomic E-state index is 0.0835. The number of amides is 1. The third-order valence-electron chi connectivity index (χ3n) is 4.08. The van der Waals surface area contributed by atoms with Crippen molar-refractivity contribution in [3.63, 3.8) is 0 Å². The van der Waals surface area contributed by atoms with Crippen molar-refractivity contribution in [2.45, 2.75) is 24.9 Å². The second-order valence-electron chi connectivity index (χ2n) is 5.82. The Bertz CT molecular complexity index is 745. The maximum Gasteiger partial charge on any atom is 0.255 e. The predicted molar refractivity (Wildman–Crippen MR) is 82.1 cm³/mol. The first-order valence-corrected chi connectivity index (χ1v) is 7.10. The third kappa shape index (κ3) is 2.45. The summed E-state index contributed by atoms with van der Waals surface area (Å²) < 4.78 is 0. The van der Waals surface area contributed by atoms with Gasteiger partial charge in [0.05, 0.1) is 5.54 Å². The third-order valence-corrected chi connectivity index (χ3v) is 4.08. The molecule has 1 aromatic carbocycles. The number of likely N-dealkylation sites (N-methyl/N-ethyl adjacent to an activating group) is 1. The van der Waals surface area contributed by atoms with Crippen LogP contribution in [0.4, 0.5) is 0 Å². The number of aromatic amines is 1. The molecule has 0 saturated heterocycles. The maximum atomic E-state index is 12.2. The quantitative estimate of drug-likeness (QED) is 0.888. The average Bonchev–Trinajstić information content (AvgIpc) is 3.27. The molecule has 1 aromatic heterocycles. The van der Waals surface area contributed by atoms with E-state index in [9.17, 15) is 9.59 Å². The van der Waals surface area contributed by atoms with Gasteiger partial charge < -0.3 is 9.88 Å². The Balaban J connectivity index is 1.85. The van der Waals surface area contributed by atoms with Crippen LogP contribution in [0.25, 0.3) is 10.8 Å². The lowest BCUT2D eigenvalue weighted by Crippen LogP contribution is -2.45. The summed E-state index contributed by atoms with van der Waals surface area (Å²) in [5.41, 5.74) is 0.503. The molecule has 2 aromatic rings. The summed E-state index contributed by atoms with van der Waals surface area (Å²) in [6, 6.07) is 7.53. The largest absolute Gasteiger partial charge is 0.347 e. The van der Waals surface area contributed by atoms with Gasteiger partial charge in [-0.25, -0.2) is 0 Å². The lowest BCUT2D eigenvalue weighted by atomic mass is 10.1. The number of fused-ring (bicyclic) bond motifs is 1. The Morgan fingerprint density at radius 3 is 2.57 bits per heavy atom. The smallest absolute Gasteiger partial charge is 0.255 e. The van der Waals surface area contributed by atoms with Crippen molar-refractivity contribution in [3.05, 3.63) is 46.4 Å². The Labute approximate surface area is 123 Å². The summed E-state index contributed by atoms with van der Waals surface area (Å²) in [6.45, 7) is 0.566. The Hall–Kier alpha value is -2.14. The van der Waals surface area contributed by atoms with Gasteiger partial charge in [-0.2, -0.15) is 0 Å². The van der Waals surface area contributed by atoms with E-state index in [1.165, 1.54) is 0 Å². The fourth-order valence-corrected chi connectivity index (χ4v) is 2.70. The summed E-state index contributed by atoms with van der Waals surface area (Å²) in [6.07, 6.45) is 3.46. The summed E-state index contributed by atoms with van der Waals surface area (Å²) in [5, 5.41) is 4.98. The highest BCUT2D eigenvalue weighted by Crippen LogP contribution is 2.37. The van der Waals surface area contributed by atoms with E-state index >= 15 is 0 Å². The van der Waals surface area contributed by atoms with Gasteiger partial charge in [0.1, 0.15) is 0 Å². The first-order chi connectivity index (χ1) is 10.0. The van der Waals surface area contributed by atoms with Crippen molar-refractivity contribution < 1.29 is 4.79 Å². The fourth-order valence-electron chi connectivity index (χ4n) is 2.70. The molecule has 2 N–H and O–H groups in total. The van der Waals surface area contributed by atoms with Crippen LogP contribution >= 0.6 is 0 Å². The van der Waals surface area contributed by atoms with E-state index in [-0.39, 0.29) is 11.5 Å². The number of pyridine rings is 1. The van der Waals surface area contributed by atoms with Crippen LogP contribution in [0.15, 0.2) is 35.3 Å². The van der Waals surface area contributed by atoms with Crippen LogP contribution in [0.5, 0.6) is 0 Å².